The van der Waals surface area contributed by atoms with Crippen molar-refractivity contribution in [3.8, 4) is 0 Å². The van der Waals surface area contributed by atoms with E-state index in [2.05, 4.69) is 19.2 Å². The lowest BCUT2D eigenvalue weighted by Gasteiger charge is -2.26. The summed E-state index contributed by atoms with van der Waals surface area (Å²) in [5.74, 6) is -0.338. The molecular weight excluding hydrogens is 268 g/mol. The molecule has 0 aromatic carbocycles. The smallest absolute Gasteiger partial charge is 0.317 e. The van der Waals surface area contributed by atoms with Gasteiger partial charge in [0.15, 0.2) is 0 Å². The van der Waals surface area contributed by atoms with Crippen molar-refractivity contribution >= 4 is 12.0 Å². The number of hydrogen-bond acceptors (Lipinski definition) is 2. The second-order valence-electron chi connectivity index (χ2n) is 6.53. The fourth-order valence-electron chi connectivity index (χ4n) is 2.95. The highest BCUT2D eigenvalue weighted by atomic mass is 16.4. The van der Waals surface area contributed by atoms with Crippen molar-refractivity contribution in [2.75, 3.05) is 19.6 Å². The van der Waals surface area contributed by atoms with E-state index in [9.17, 15) is 9.59 Å². The Morgan fingerprint density at radius 2 is 1.67 bits per heavy atom. The summed E-state index contributed by atoms with van der Waals surface area (Å²) in [6.45, 7) is 6.25. The van der Waals surface area contributed by atoms with Crippen molar-refractivity contribution in [1.29, 1.82) is 0 Å². The first-order chi connectivity index (χ1) is 9.99. The van der Waals surface area contributed by atoms with Crippen LogP contribution in [0, 0.1) is 11.8 Å². The summed E-state index contributed by atoms with van der Waals surface area (Å²) in [5, 5.41) is 11.9. The molecule has 2 N–H and O–H groups in total. The zero-order chi connectivity index (χ0) is 15.7. The molecule has 1 saturated heterocycles. The highest BCUT2D eigenvalue weighted by molar-refractivity contribution is 5.74. The maximum Gasteiger partial charge on any atom is 0.317 e. The molecule has 0 unspecified atom stereocenters. The van der Waals surface area contributed by atoms with Gasteiger partial charge in [-0.05, 0) is 31.1 Å². The minimum Gasteiger partial charge on any atom is -0.481 e. The number of urea groups is 1. The summed E-state index contributed by atoms with van der Waals surface area (Å²) in [6.07, 6.45) is 6.74. The highest BCUT2D eigenvalue weighted by Crippen LogP contribution is 2.15. The molecule has 122 valence electrons. The number of amides is 2. The molecule has 0 saturated carbocycles. The van der Waals surface area contributed by atoms with Gasteiger partial charge in [-0.2, -0.15) is 0 Å². The molecule has 0 aromatic rings. The topological polar surface area (TPSA) is 69.6 Å². The first kappa shape index (κ1) is 17.8. The molecule has 0 bridgehead atoms. The highest BCUT2D eigenvalue weighted by Gasteiger charge is 2.19. The molecular formula is C16H30N2O3. The minimum absolute atomic E-state index is 0.0150. The minimum atomic E-state index is -0.791. The van der Waals surface area contributed by atoms with E-state index in [0.29, 0.717) is 12.5 Å². The standard InChI is InChI=1S/C16H30N2O3/c1-13(2)10-14(11-15(19)20)12-17-16(21)18-8-6-4-3-5-7-9-18/h13-14H,3-12H2,1-2H3,(H,17,21)(H,19,20)/t14-/m0/s1. The molecule has 1 rings (SSSR count). The van der Waals surface area contributed by atoms with E-state index in [1.165, 1.54) is 19.3 Å². The largest absolute Gasteiger partial charge is 0.481 e. The van der Waals surface area contributed by atoms with Gasteiger partial charge in [0.05, 0.1) is 0 Å². The van der Waals surface area contributed by atoms with Gasteiger partial charge in [0.2, 0.25) is 0 Å². The number of rotatable bonds is 6. The second-order valence-corrected chi connectivity index (χ2v) is 6.53. The predicted octanol–water partition coefficient (Wildman–Crippen LogP) is 3.10. The Bertz CT molecular complexity index is 323. The van der Waals surface area contributed by atoms with Gasteiger partial charge in [0.1, 0.15) is 0 Å². The molecule has 1 aliphatic rings. The Balaban J connectivity index is 2.41. The third-order valence-electron chi connectivity index (χ3n) is 3.95. The lowest BCUT2D eigenvalue weighted by atomic mass is 9.94. The number of carbonyl (C=O) groups excluding carboxylic acids is 1. The first-order valence-corrected chi connectivity index (χ1v) is 8.23. The van der Waals surface area contributed by atoms with Crippen LogP contribution >= 0.6 is 0 Å². The van der Waals surface area contributed by atoms with Gasteiger partial charge in [-0.15, -0.1) is 0 Å². The molecule has 1 fully saturated rings. The fraction of sp³-hybridized carbons (Fsp3) is 0.875. The van der Waals surface area contributed by atoms with Gasteiger partial charge < -0.3 is 15.3 Å². The Labute approximate surface area is 128 Å². The maximum atomic E-state index is 12.2. The number of carboxylic acids is 1. The molecule has 0 aliphatic carbocycles. The van der Waals surface area contributed by atoms with E-state index in [1.54, 1.807) is 0 Å². The molecule has 0 spiro atoms. The predicted molar refractivity (Wildman–Crippen MR) is 83.3 cm³/mol. The van der Waals surface area contributed by atoms with Crippen LogP contribution in [0.5, 0.6) is 0 Å². The molecule has 2 amide bonds. The average Bonchev–Trinajstić information content (AvgIpc) is 2.33. The van der Waals surface area contributed by atoms with Crippen molar-refractivity contribution in [3.63, 3.8) is 0 Å². The summed E-state index contributed by atoms with van der Waals surface area (Å²) >= 11 is 0. The molecule has 1 atom stereocenters. The van der Waals surface area contributed by atoms with Crippen LogP contribution in [0.1, 0.15) is 58.8 Å². The molecule has 1 heterocycles. The van der Waals surface area contributed by atoms with Crippen LogP contribution in [0.2, 0.25) is 0 Å². The number of nitrogens with one attached hydrogen (secondary N) is 1. The van der Waals surface area contributed by atoms with Gasteiger partial charge in [-0.3, -0.25) is 4.79 Å². The van der Waals surface area contributed by atoms with E-state index in [-0.39, 0.29) is 18.4 Å². The summed E-state index contributed by atoms with van der Waals surface area (Å²) < 4.78 is 0. The van der Waals surface area contributed by atoms with Crippen molar-refractivity contribution in [3.05, 3.63) is 0 Å². The number of nitrogens with zero attached hydrogens (tertiary/aromatic N) is 1. The van der Waals surface area contributed by atoms with E-state index in [0.717, 1.165) is 32.4 Å². The number of carbonyl (C=O) groups is 2. The van der Waals surface area contributed by atoms with E-state index in [1.807, 2.05) is 4.90 Å². The first-order valence-electron chi connectivity index (χ1n) is 8.23. The van der Waals surface area contributed by atoms with Gasteiger partial charge in [-0.1, -0.05) is 33.1 Å². The number of aliphatic carboxylic acids is 1. The van der Waals surface area contributed by atoms with Crippen molar-refractivity contribution in [2.45, 2.75) is 58.8 Å². The normalized spacial score (nSPS) is 18.0. The Kier molecular flexibility index (Phi) is 8.16. The van der Waals surface area contributed by atoms with Crippen molar-refractivity contribution in [2.24, 2.45) is 11.8 Å². The average molecular weight is 298 g/mol. The third kappa shape index (κ3) is 7.93. The SMILES string of the molecule is CC(C)C[C@H](CNC(=O)N1CCCCCCC1)CC(=O)O. The second kappa shape index (κ2) is 9.64. The van der Waals surface area contributed by atoms with E-state index < -0.39 is 5.97 Å². The van der Waals surface area contributed by atoms with Crippen LogP contribution in [-0.2, 0) is 4.79 Å². The Morgan fingerprint density at radius 3 is 2.19 bits per heavy atom. The van der Waals surface area contributed by atoms with E-state index in [4.69, 9.17) is 5.11 Å². The van der Waals surface area contributed by atoms with Gasteiger partial charge in [0, 0.05) is 26.1 Å². The Morgan fingerprint density at radius 1 is 1.10 bits per heavy atom. The fourth-order valence-corrected chi connectivity index (χ4v) is 2.95. The summed E-state index contributed by atoms with van der Waals surface area (Å²) in [6, 6.07) is -0.0314. The Hall–Kier alpha value is -1.26. The van der Waals surface area contributed by atoms with Crippen molar-refractivity contribution in [1.82, 2.24) is 10.2 Å². The van der Waals surface area contributed by atoms with Crippen molar-refractivity contribution < 1.29 is 14.7 Å². The molecule has 21 heavy (non-hydrogen) atoms. The lowest BCUT2D eigenvalue weighted by molar-refractivity contribution is -0.138. The monoisotopic (exact) mass is 298 g/mol. The van der Waals surface area contributed by atoms with Crippen LogP contribution < -0.4 is 5.32 Å². The lowest BCUT2D eigenvalue weighted by Crippen LogP contribution is -2.43. The van der Waals surface area contributed by atoms with Crippen LogP contribution in [0.4, 0.5) is 4.79 Å². The van der Waals surface area contributed by atoms with E-state index >= 15 is 0 Å². The summed E-state index contributed by atoms with van der Waals surface area (Å²) in [4.78, 5) is 25.0. The number of hydrogen-bond donors (Lipinski definition) is 2. The van der Waals surface area contributed by atoms with Gasteiger partial charge >= 0.3 is 12.0 Å². The van der Waals surface area contributed by atoms with Crippen LogP contribution in [0.25, 0.3) is 0 Å². The summed E-state index contributed by atoms with van der Waals surface area (Å²) in [5.41, 5.74) is 0. The number of likely N-dealkylation sites (tertiary alicyclic amines) is 1. The number of carboxylic acid groups (broad SMARTS) is 1. The zero-order valence-electron chi connectivity index (χ0n) is 13.4. The maximum absolute atomic E-state index is 12.2. The van der Waals surface area contributed by atoms with Crippen LogP contribution in [0.3, 0.4) is 0 Å². The summed E-state index contributed by atoms with van der Waals surface area (Å²) in [7, 11) is 0. The molecule has 1 aliphatic heterocycles. The van der Waals surface area contributed by atoms with Gasteiger partial charge in [-0.25, -0.2) is 4.79 Å². The molecule has 0 radical (unpaired) electrons. The van der Waals surface area contributed by atoms with Crippen LogP contribution in [0.15, 0.2) is 0 Å². The third-order valence-corrected chi connectivity index (χ3v) is 3.95. The molecule has 5 heteroatoms. The quantitative estimate of drug-likeness (QED) is 0.791. The zero-order valence-corrected chi connectivity index (χ0v) is 13.4. The molecule has 0 aromatic heterocycles. The van der Waals surface area contributed by atoms with Gasteiger partial charge in [0.25, 0.3) is 0 Å². The van der Waals surface area contributed by atoms with Crippen LogP contribution in [-0.4, -0.2) is 41.6 Å². The molecule has 5 nitrogen and oxygen atoms in total.